The van der Waals surface area contributed by atoms with Crippen LogP contribution in [0.5, 0.6) is 0 Å². The van der Waals surface area contributed by atoms with Crippen molar-refractivity contribution < 1.29 is 23.6 Å². The summed E-state index contributed by atoms with van der Waals surface area (Å²) in [5.74, 6) is 0.159. The van der Waals surface area contributed by atoms with Crippen LogP contribution in [-0.2, 0) is 4.57 Å². The fraction of sp³-hybridized carbons (Fsp3) is 0.263. The first-order valence-corrected chi connectivity index (χ1v) is 11.5. The third-order valence-electron chi connectivity index (χ3n) is 4.95. The van der Waals surface area contributed by atoms with Gasteiger partial charge in [0.15, 0.2) is 10.9 Å². The van der Waals surface area contributed by atoms with Crippen LogP contribution < -0.4 is 16.6 Å². The smallest absolute Gasteiger partial charge is 0.391 e. The number of rotatable bonds is 5. The molecule has 0 bridgehead atoms. The largest absolute Gasteiger partial charge is 0.446 e. The summed E-state index contributed by atoms with van der Waals surface area (Å²) in [6.07, 6.45) is 1.90. The summed E-state index contributed by atoms with van der Waals surface area (Å²) < 4.78 is 16.7. The van der Waals surface area contributed by atoms with Gasteiger partial charge in [-0.3, -0.25) is 9.36 Å². The molecule has 152 valence electrons. The number of benzene rings is 1. The Balaban J connectivity index is 1.75. The van der Waals surface area contributed by atoms with Crippen LogP contribution in [0.4, 0.5) is 5.13 Å². The Morgan fingerprint density at radius 1 is 1.21 bits per heavy atom. The third kappa shape index (κ3) is 4.05. The van der Waals surface area contributed by atoms with E-state index < -0.39 is 13.1 Å². The molecular formula is C19H20N3O5PS. The van der Waals surface area contributed by atoms with Gasteiger partial charge in [0.05, 0.1) is 0 Å². The normalized spacial score (nSPS) is 15.5. The molecule has 1 aliphatic rings. The monoisotopic (exact) mass is 433 g/mol. The number of hydrogen-bond donors (Lipinski definition) is 4. The number of aromatic nitrogens is 1. The summed E-state index contributed by atoms with van der Waals surface area (Å²) in [6.45, 7) is 1.81. The van der Waals surface area contributed by atoms with E-state index in [1.54, 1.807) is 6.07 Å². The van der Waals surface area contributed by atoms with E-state index in [1.807, 2.05) is 18.2 Å². The molecule has 0 unspecified atom stereocenters. The summed E-state index contributed by atoms with van der Waals surface area (Å²) >= 11 is 1.03. The highest BCUT2D eigenvalue weighted by Gasteiger charge is 2.28. The van der Waals surface area contributed by atoms with Gasteiger partial charge < -0.3 is 25.3 Å². The topological polar surface area (TPSA) is 139 Å². The molecule has 0 spiro atoms. The molecule has 4 rings (SSSR count). The number of thiazole rings is 1. The van der Waals surface area contributed by atoms with E-state index in [2.05, 4.69) is 10.3 Å². The number of carbonyl (C=O) groups is 1. The van der Waals surface area contributed by atoms with Crippen LogP contribution in [0.15, 0.2) is 40.8 Å². The third-order valence-corrected chi connectivity index (χ3v) is 6.64. The van der Waals surface area contributed by atoms with E-state index in [0.29, 0.717) is 5.56 Å². The summed E-state index contributed by atoms with van der Waals surface area (Å²) in [6, 6.07) is 10.1. The number of carbonyl (C=O) groups excluding carboxylic acids is 1. The van der Waals surface area contributed by atoms with Gasteiger partial charge in [0.25, 0.3) is 0 Å². The second-order valence-electron chi connectivity index (χ2n) is 6.85. The Morgan fingerprint density at radius 3 is 2.62 bits per heavy atom. The van der Waals surface area contributed by atoms with Crippen LogP contribution in [0.2, 0.25) is 0 Å². The van der Waals surface area contributed by atoms with Gasteiger partial charge in [-0.1, -0.05) is 35.6 Å². The number of nitrogens with zero attached hydrogens (tertiary/aromatic N) is 1. The molecule has 1 fully saturated rings. The summed E-state index contributed by atoms with van der Waals surface area (Å²) in [4.78, 5) is 36.5. The van der Waals surface area contributed by atoms with E-state index in [-0.39, 0.29) is 33.2 Å². The minimum Gasteiger partial charge on any atom is -0.446 e. The van der Waals surface area contributed by atoms with Crippen LogP contribution in [0.3, 0.4) is 0 Å². The highest BCUT2D eigenvalue weighted by atomic mass is 32.1. The number of anilines is 1. The molecule has 29 heavy (non-hydrogen) atoms. The fourth-order valence-corrected chi connectivity index (χ4v) is 4.86. The molecule has 5 N–H and O–H groups in total. The molecule has 10 heteroatoms. The van der Waals surface area contributed by atoms with Crippen molar-refractivity contribution in [2.45, 2.75) is 18.8 Å². The first kappa shape index (κ1) is 20.0. The van der Waals surface area contributed by atoms with Gasteiger partial charge in [0.1, 0.15) is 10.6 Å². The number of ketones is 1. The number of nitrogens with one attached hydrogen (secondary N) is 1. The van der Waals surface area contributed by atoms with Crippen molar-refractivity contribution in [3.8, 4) is 11.5 Å². The molecule has 0 atom stereocenters. The van der Waals surface area contributed by atoms with Crippen molar-refractivity contribution in [1.29, 1.82) is 0 Å². The molecular weight excluding hydrogens is 413 g/mol. The van der Waals surface area contributed by atoms with E-state index in [9.17, 15) is 19.1 Å². The Labute approximate surface area is 170 Å². The van der Waals surface area contributed by atoms with Crippen molar-refractivity contribution in [1.82, 2.24) is 10.3 Å². The maximum Gasteiger partial charge on any atom is 0.391 e. The lowest BCUT2D eigenvalue weighted by atomic mass is 9.85. The van der Waals surface area contributed by atoms with Gasteiger partial charge in [-0.15, -0.1) is 0 Å². The molecule has 0 radical (unpaired) electrons. The first-order chi connectivity index (χ1) is 13.8. The van der Waals surface area contributed by atoms with Crippen LogP contribution in [0.1, 0.15) is 39.6 Å². The van der Waals surface area contributed by atoms with E-state index in [0.717, 1.165) is 42.8 Å². The molecule has 0 saturated carbocycles. The van der Waals surface area contributed by atoms with E-state index >= 15 is 0 Å². The zero-order chi connectivity index (χ0) is 20.6. The van der Waals surface area contributed by atoms with Gasteiger partial charge in [0.2, 0.25) is 11.3 Å². The van der Waals surface area contributed by atoms with Crippen molar-refractivity contribution in [2.75, 3.05) is 18.8 Å². The average molecular weight is 433 g/mol. The summed E-state index contributed by atoms with van der Waals surface area (Å²) in [5, 5.41) is 3.51. The van der Waals surface area contributed by atoms with Crippen molar-refractivity contribution in [3.05, 3.63) is 52.4 Å². The van der Waals surface area contributed by atoms with Gasteiger partial charge >= 0.3 is 7.60 Å². The number of furan rings is 1. The first-order valence-electron chi connectivity index (χ1n) is 9.11. The molecule has 1 saturated heterocycles. The second kappa shape index (κ2) is 7.85. The van der Waals surface area contributed by atoms with E-state index in [1.165, 1.54) is 12.1 Å². The lowest BCUT2D eigenvalue weighted by molar-refractivity contribution is 0.104. The van der Waals surface area contributed by atoms with Gasteiger partial charge in [-0.05, 0) is 49.5 Å². The second-order valence-corrected chi connectivity index (χ2v) is 9.41. The van der Waals surface area contributed by atoms with E-state index in [4.69, 9.17) is 10.2 Å². The van der Waals surface area contributed by atoms with Crippen LogP contribution in [-0.4, -0.2) is 33.6 Å². The molecule has 1 aliphatic heterocycles. The van der Waals surface area contributed by atoms with Crippen LogP contribution in [0, 0.1) is 0 Å². The number of piperidine rings is 1. The molecule has 1 aromatic carbocycles. The molecule has 3 aromatic rings. The lowest BCUT2D eigenvalue weighted by Gasteiger charge is -2.24. The van der Waals surface area contributed by atoms with Crippen LogP contribution >= 0.6 is 18.9 Å². The summed E-state index contributed by atoms with van der Waals surface area (Å²) in [5.41, 5.74) is 7.15. The van der Waals surface area contributed by atoms with Gasteiger partial charge in [-0.25, -0.2) is 4.98 Å². The molecule has 0 aliphatic carbocycles. The Morgan fingerprint density at radius 2 is 1.93 bits per heavy atom. The molecule has 8 nitrogen and oxygen atoms in total. The Bertz CT molecular complexity index is 1100. The molecule has 0 amide bonds. The quantitative estimate of drug-likeness (QED) is 0.356. The maximum absolute atomic E-state index is 13.4. The minimum absolute atomic E-state index is 0.0963. The SMILES string of the molecule is Nc1nc(-c2ccc(P(=O)(O)O)o2)c(C(=O)c2ccccc2C2CCNCC2)s1. The average Bonchev–Trinajstić information content (AvgIpc) is 3.35. The zero-order valence-corrected chi connectivity index (χ0v) is 17.1. The maximum atomic E-state index is 13.4. The van der Waals surface area contributed by atoms with Gasteiger partial charge in [-0.2, -0.15) is 0 Å². The molecule has 2 aromatic heterocycles. The summed E-state index contributed by atoms with van der Waals surface area (Å²) in [7, 11) is -4.55. The van der Waals surface area contributed by atoms with Crippen molar-refractivity contribution in [2.24, 2.45) is 0 Å². The number of nitrogen functional groups attached to an aromatic ring is 1. The molecule has 3 heterocycles. The van der Waals surface area contributed by atoms with Crippen molar-refractivity contribution >= 4 is 35.3 Å². The Hall–Kier alpha value is -2.29. The highest BCUT2D eigenvalue weighted by molar-refractivity contribution is 7.59. The predicted molar refractivity (Wildman–Crippen MR) is 111 cm³/mol. The predicted octanol–water partition coefficient (Wildman–Crippen LogP) is 2.49. The fourth-order valence-electron chi connectivity index (χ4n) is 3.58. The number of nitrogens with two attached hydrogens (primary N) is 1. The van der Waals surface area contributed by atoms with Gasteiger partial charge in [0, 0.05) is 5.56 Å². The zero-order valence-electron chi connectivity index (χ0n) is 15.4. The number of hydrogen-bond acceptors (Lipinski definition) is 7. The Kier molecular flexibility index (Phi) is 5.42. The van der Waals surface area contributed by atoms with Crippen LogP contribution in [0.25, 0.3) is 11.5 Å². The van der Waals surface area contributed by atoms with Crippen molar-refractivity contribution in [3.63, 3.8) is 0 Å². The standard InChI is InChI=1S/C19H20N3O5PS/c20-19-22-16(14-5-6-15(27-14)28(24,25)26)18(29-19)17(23)13-4-2-1-3-12(13)11-7-9-21-10-8-11/h1-6,11,21H,7-10H2,(H2,20,22)(H2,24,25,26). The highest BCUT2D eigenvalue weighted by Crippen LogP contribution is 2.38. The lowest BCUT2D eigenvalue weighted by Crippen LogP contribution is -2.27. The minimum atomic E-state index is -4.55.